The highest BCUT2D eigenvalue weighted by molar-refractivity contribution is 6.05. The fourth-order valence-corrected chi connectivity index (χ4v) is 5.50. The molecule has 5 rings (SSSR count). The Labute approximate surface area is 255 Å². The average Bonchev–Trinajstić information content (AvgIpc) is 3.54. The number of pyridine rings is 1. The van der Waals surface area contributed by atoms with Crippen molar-refractivity contribution >= 4 is 33.5 Å². The molecule has 0 aliphatic carbocycles. The fraction of sp³-hybridized carbons (Fsp3) is 0.364. The number of aryl methyl sites for hydroxylation is 3. The first-order valence-electron chi connectivity index (χ1n) is 14.7. The number of H-pyrrole nitrogens is 1. The third kappa shape index (κ3) is 5.80. The van der Waals surface area contributed by atoms with Gasteiger partial charge < -0.3 is 34.7 Å². The lowest BCUT2D eigenvalue weighted by atomic mass is 10.00. The lowest BCUT2D eigenvalue weighted by Gasteiger charge is -2.19. The largest absolute Gasteiger partial charge is 0.456 e. The first kappa shape index (κ1) is 30.8. The zero-order chi connectivity index (χ0) is 31.9. The normalized spacial score (nSPS) is 11.8. The first-order chi connectivity index (χ1) is 20.8. The molecule has 0 unspecified atom stereocenters. The van der Waals surface area contributed by atoms with E-state index in [2.05, 4.69) is 10.3 Å². The molecule has 5 aromatic rings. The molecule has 1 amide bonds. The van der Waals surface area contributed by atoms with E-state index < -0.39 is 5.60 Å². The average molecular weight is 601 g/mol. The minimum Gasteiger partial charge on any atom is -0.456 e. The van der Waals surface area contributed by atoms with E-state index in [0.29, 0.717) is 52.4 Å². The van der Waals surface area contributed by atoms with Gasteiger partial charge in [0.1, 0.15) is 22.7 Å². The zero-order valence-electron chi connectivity index (χ0n) is 26.3. The molecule has 11 nitrogen and oxygen atoms in total. The van der Waals surface area contributed by atoms with Crippen molar-refractivity contribution in [3.63, 3.8) is 0 Å². The second kappa shape index (κ2) is 11.8. The van der Waals surface area contributed by atoms with E-state index in [1.807, 2.05) is 63.1 Å². The second-order valence-corrected chi connectivity index (χ2v) is 11.9. The van der Waals surface area contributed by atoms with Crippen molar-refractivity contribution in [1.82, 2.24) is 24.6 Å². The summed E-state index contributed by atoms with van der Waals surface area (Å²) in [5.41, 5.74) is 3.26. The summed E-state index contributed by atoms with van der Waals surface area (Å²) in [6.45, 7) is 10.2. The first-order valence-corrected chi connectivity index (χ1v) is 14.7. The van der Waals surface area contributed by atoms with Crippen molar-refractivity contribution in [1.29, 1.82) is 0 Å². The van der Waals surface area contributed by atoms with Gasteiger partial charge >= 0.3 is 0 Å². The summed E-state index contributed by atoms with van der Waals surface area (Å²) in [7, 11) is 3.52. The molecule has 0 atom stereocenters. The van der Waals surface area contributed by atoms with Crippen molar-refractivity contribution in [2.75, 3.05) is 31.6 Å². The predicted octanol–water partition coefficient (Wildman–Crippen LogP) is 4.24. The van der Waals surface area contributed by atoms with Gasteiger partial charge in [0.05, 0.1) is 24.3 Å². The highest BCUT2D eigenvalue weighted by Crippen LogP contribution is 2.43. The Bertz CT molecular complexity index is 1910. The Morgan fingerprint density at radius 1 is 1.14 bits per heavy atom. The Hall–Kier alpha value is -4.61. The molecule has 0 bridgehead atoms. The monoisotopic (exact) mass is 600 g/mol. The van der Waals surface area contributed by atoms with Crippen LogP contribution in [0.1, 0.15) is 42.4 Å². The van der Waals surface area contributed by atoms with E-state index in [-0.39, 0.29) is 30.3 Å². The van der Waals surface area contributed by atoms with Crippen LogP contribution in [-0.4, -0.2) is 67.8 Å². The van der Waals surface area contributed by atoms with Gasteiger partial charge in [0.25, 0.3) is 11.5 Å². The quantitative estimate of drug-likeness (QED) is 0.188. The molecule has 2 aromatic carbocycles. The summed E-state index contributed by atoms with van der Waals surface area (Å²) >= 11 is 0. The minimum absolute atomic E-state index is 0.0579. The van der Waals surface area contributed by atoms with Crippen LogP contribution in [0.3, 0.4) is 0 Å². The number of carbonyl (C=O) groups excluding carboxylic acids is 1. The van der Waals surface area contributed by atoms with Crippen LogP contribution in [0.2, 0.25) is 0 Å². The molecule has 11 heteroatoms. The van der Waals surface area contributed by atoms with Gasteiger partial charge in [0, 0.05) is 55.3 Å². The number of amides is 1. The van der Waals surface area contributed by atoms with Crippen molar-refractivity contribution in [3.8, 4) is 22.6 Å². The Morgan fingerprint density at radius 2 is 1.84 bits per heavy atom. The molecule has 0 radical (unpaired) electrons. The number of nitrogens with zero attached hydrogens (tertiary/aromatic N) is 4. The fourth-order valence-electron chi connectivity index (χ4n) is 5.50. The summed E-state index contributed by atoms with van der Waals surface area (Å²) in [4.78, 5) is 30.9. The molecule has 44 heavy (non-hydrogen) atoms. The van der Waals surface area contributed by atoms with Crippen LogP contribution >= 0.6 is 0 Å². The van der Waals surface area contributed by atoms with Crippen molar-refractivity contribution in [3.05, 3.63) is 69.8 Å². The van der Waals surface area contributed by atoms with Gasteiger partial charge in [-0.1, -0.05) is 18.2 Å². The van der Waals surface area contributed by atoms with E-state index in [1.54, 1.807) is 37.8 Å². The summed E-state index contributed by atoms with van der Waals surface area (Å²) < 4.78 is 9.95. The molecule has 3 heterocycles. The number of aromatic nitrogens is 4. The SMILES string of the molecule is CCNC(=O)c1cc2c(-c3cc4c(cc3Oc3c(C)cccc3C)c(N(C)CCO)nn4CC(C)(C)O)cn(C)c(=O)c2[nH]1. The topological polar surface area (TPSA) is 138 Å². The zero-order valence-corrected chi connectivity index (χ0v) is 26.3. The number of likely N-dealkylation sites (N-methyl/N-ethyl adjacent to an activating group) is 1. The standard InChI is InChI=1S/C33H40N6O5/c1-8-34-31(41)25-14-22-24(17-38(7)32(42)28(22)35-25)21-15-26-23(16-27(21)44-29-19(2)10-9-11-20(29)3)30(37(6)12-13-40)36-39(26)18-33(4,5)43/h9-11,14-17,35,40,43H,8,12-13,18H2,1-7H3,(H,34,41). The molecular formula is C33H40N6O5. The molecule has 0 spiro atoms. The Morgan fingerprint density at radius 3 is 2.48 bits per heavy atom. The maximum atomic E-state index is 13.2. The molecule has 232 valence electrons. The third-order valence-electron chi connectivity index (χ3n) is 7.62. The minimum atomic E-state index is -1.06. The van der Waals surface area contributed by atoms with Gasteiger partial charge in [-0.15, -0.1) is 0 Å². The van der Waals surface area contributed by atoms with Crippen LogP contribution in [0.5, 0.6) is 11.5 Å². The van der Waals surface area contributed by atoms with Crippen LogP contribution in [-0.2, 0) is 13.6 Å². The van der Waals surface area contributed by atoms with Crippen molar-refractivity contribution < 1.29 is 19.7 Å². The smallest absolute Gasteiger partial charge is 0.274 e. The van der Waals surface area contributed by atoms with Gasteiger partial charge in [-0.25, -0.2) is 0 Å². The predicted molar refractivity (Wildman–Crippen MR) is 173 cm³/mol. The van der Waals surface area contributed by atoms with E-state index in [9.17, 15) is 19.8 Å². The van der Waals surface area contributed by atoms with Crippen LogP contribution < -0.4 is 20.5 Å². The number of benzene rings is 2. The maximum absolute atomic E-state index is 13.2. The number of aliphatic hydroxyl groups is 2. The number of hydrogen-bond donors (Lipinski definition) is 4. The van der Waals surface area contributed by atoms with Crippen LogP contribution in [0.15, 0.2) is 47.4 Å². The summed E-state index contributed by atoms with van der Waals surface area (Å²) in [5.74, 6) is 1.55. The van der Waals surface area contributed by atoms with Crippen LogP contribution in [0, 0.1) is 13.8 Å². The highest BCUT2D eigenvalue weighted by atomic mass is 16.5. The molecule has 4 N–H and O–H groups in total. The molecule has 0 saturated carbocycles. The summed E-state index contributed by atoms with van der Waals surface area (Å²) in [6.07, 6.45) is 1.74. The van der Waals surface area contributed by atoms with Crippen LogP contribution in [0.4, 0.5) is 5.82 Å². The summed E-state index contributed by atoms with van der Waals surface area (Å²) in [5, 5.41) is 29.4. The van der Waals surface area contributed by atoms with E-state index in [0.717, 1.165) is 22.0 Å². The number of carbonyl (C=O) groups is 1. The molecule has 0 aliphatic heterocycles. The van der Waals surface area contributed by atoms with E-state index in [4.69, 9.17) is 9.84 Å². The molecule has 0 saturated heterocycles. The van der Waals surface area contributed by atoms with Gasteiger partial charge in [-0.2, -0.15) is 5.10 Å². The Balaban J connectivity index is 1.86. The second-order valence-electron chi connectivity index (χ2n) is 11.9. The van der Waals surface area contributed by atoms with E-state index >= 15 is 0 Å². The number of aliphatic hydroxyl groups excluding tert-OH is 1. The Kier molecular flexibility index (Phi) is 8.28. The van der Waals surface area contributed by atoms with Crippen LogP contribution in [0.25, 0.3) is 32.9 Å². The number of fused-ring (bicyclic) bond motifs is 2. The third-order valence-corrected chi connectivity index (χ3v) is 7.62. The molecule has 0 fully saturated rings. The summed E-state index contributed by atoms with van der Waals surface area (Å²) in [6, 6.07) is 11.5. The number of rotatable bonds is 10. The van der Waals surface area contributed by atoms with Crippen molar-refractivity contribution in [2.45, 2.75) is 46.8 Å². The molecule has 3 aromatic heterocycles. The maximum Gasteiger partial charge on any atom is 0.274 e. The molecule has 0 aliphatic rings. The number of nitrogens with one attached hydrogen (secondary N) is 2. The highest BCUT2D eigenvalue weighted by Gasteiger charge is 2.25. The number of hydrogen-bond acceptors (Lipinski definition) is 7. The number of para-hydroxylation sites is 1. The number of aromatic amines is 1. The number of ether oxygens (including phenoxy) is 1. The van der Waals surface area contributed by atoms with Gasteiger partial charge in [-0.3, -0.25) is 14.3 Å². The lowest BCUT2D eigenvalue weighted by molar-refractivity contribution is 0.0592. The van der Waals surface area contributed by atoms with Gasteiger partial charge in [0.2, 0.25) is 0 Å². The van der Waals surface area contributed by atoms with Crippen molar-refractivity contribution in [2.24, 2.45) is 7.05 Å². The molecular weight excluding hydrogens is 560 g/mol. The lowest BCUT2D eigenvalue weighted by Crippen LogP contribution is -2.27. The number of anilines is 1. The van der Waals surface area contributed by atoms with E-state index in [1.165, 1.54) is 4.57 Å². The van der Waals surface area contributed by atoms with Gasteiger partial charge in [-0.05, 0) is 63.9 Å². The van der Waals surface area contributed by atoms with Gasteiger partial charge in [0.15, 0.2) is 5.82 Å².